The molecule has 0 fully saturated rings. The second-order valence-electron chi connectivity index (χ2n) is 8.57. The van der Waals surface area contributed by atoms with Crippen molar-refractivity contribution in [2.75, 3.05) is 6.61 Å². The van der Waals surface area contributed by atoms with Crippen LogP contribution in [-0.4, -0.2) is 35.2 Å². The Balaban J connectivity index is -0.00000450. The number of unbranched alkanes of at least 4 members (excludes halogenated alkanes) is 15. The molecule has 0 aliphatic rings. The normalized spacial score (nSPS) is 12.2. The molecule has 1 atom stereocenters. The second-order valence-corrected chi connectivity index (χ2v) is 8.57. The minimum Gasteiger partial charge on any atom is -0.550 e. The fourth-order valence-corrected chi connectivity index (χ4v) is 3.57. The Bertz CT molecular complexity index is 503. The SMILES string of the molecule is CCCCCCCCCCCCCCCCCCOC(=O)CC(O)(CC(=O)[O-])C(=O)[O-].[Na+].[Na+]. The first-order chi connectivity index (χ1) is 14.8. The molecular weight excluding hydrogens is 446 g/mol. The zero-order valence-corrected chi connectivity index (χ0v) is 25.3. The van der Waals surface area contributed by atoms with Crippen LogP contribution >= 0.6 is 0 Å². The van der Waals surface area contributed by atoms with Crippen LogP contribution in [0.3, 0.4) is 0 Å². The van der Waals surface area contributed by atoms with Crippen molar-refractivity contribution in [3.63, 3.8) is 0 Å². The smallest absolute Gasteiger partial charge is 0.550 e. The van der Waals surface area contributed by atoms with E-state index in [9.17, 15) is 29.7 Å². The van der Waals surface area contributed by atoms with Crippen molar-refractivity contribution < 1.29 is 93.6 Å². The summed E-state index contributed by atoms with van der Waals surface area (Å²) in [4.78, 5) is 33.0. The Labute approximate surface area is 244 Å². The van der Waals surface area contributed by atoms with Crippen LogP contribution < -0.4 is 69.3 Å². The van der Waals surface area contributed by atoms with Gasteiger partial charge in [-0.25, -0.2) is 0 Å². The van der Waals surface area contributed by atoms with Crippen LogP contribution in [0.2, 0.25) is 0 Å². The predicted octanol–water partition coefficient (Wildman–Crippen LogP) is -3.19. The van der Waals surface area contributed by atoms with Crippen LogP contribution in [0.1, 0.15) is 122 Å². The van der Waals surface area contributed by atoms with Gasteiger partial charge in [0.25, 0.3) is 0 Å². The summed E-state index contributed by atoms with van der Waals surface area (Å²) in [5.74, 6) is -4.78. The van der Waals surface area contributed by atoms with Gasteiger partial charge in [-0.15, -0.1) is 0 Å². The zero-order valence-electron chi connectivity index (χ0n) is 21.3. The second kappa shape index (κ2) is 25.5. The molecule has 0 spiro atoms. The summed E-state index contributed by atoms with van der Waals surface area (Å²) in [5, 5.41) is 31.1. The van der Waals surface area contributed by atoms with Crippen molar-refractivity contribution in [2.24, 2.45) is 0 Å². The van der Waals surface area contributed by atoms with E-state index in [4.69, 9.17) is 4.74 Å². The predicted molar refractivity (Wildman–Crippen MR) is 115 cm³/mol. The quantitative estimate of drug-likeness (QED) is 0.0967. The molecule has 0 aromatic carbocycles. The average molecular weight is 489 g/mol. The number of aliphatic carboxylic acids is 2. The van der Waals surface area contributed by atoms with Gasteiger partial charge >= 0.3 is 65.1 Å². The van der Waals surface area contributed by atoms with Gasteiger partial charge in [-0.2, -0.15) is 0 Å². The molecule has 0 aromatic heterocycles. The van der Waals surface area contributed by atoms with E-state index in [2.05, 4.69) is 6.92 Å². The fourth-order valence-electron chi connectivity index (χ4n) is 3.57. The summed E-state index contributed by atoms with van der Waals surface area (Å²) in [5.41, 5.74) is -2.80. The fraction of sp³-hybridized carbons (Fsp3) is 0.875. The monoisotopic (exact) mass is 488 g/mol. The van der Waals surface area contributed by atoms with E-state index in [0.29, 0.717) is 6.42 Å². The van der Waals surface area contributed by atoms with Crippen LogP contribution in [-0.2, 0) is 19.1 Å². The molecule has 0 rings (SSSR count). The van der Waals surface area contributed by atoms with Crippen molar-refractivity contribution in [1.29, 1.82) is 0 Å². The van der Waals surface area contributed by atoms with Crippen LogP contribution in [0.4, 0.5) is 0 Å². The maximum atomic E-state index is 11.6. The maximum Gasteiger partial charge on any atom is 1.00 e. The largest absolute Gasteiger partial charge is 1.00 e. The molecule has 0 saturated carbocycles. The third-order valence-corrected chi connectivity index (χ3v) is 5.51. The number of carboxylic acid groups (broad SMARTS) is 2. The summed E-state index contributed by atoms with van der Waals surface area (Å²) >= 11 is 0. The van der Waals surface area contributed by atoms with Gasteiger partial charge in [0, 0.05) is 12.4 Å². The molecule has 0 aliphatic heterocycles. The number of carbonyl (C=O) groups is 3. The molecule has 33 heavy (non-hydrogen) atoms. The van der Waals surface area contributed by atoms with Crippen LogP contribution in [0.25, 0.3) is 0 Å². The molecule has 1 unspecified atom stereocenters. The molecule has 0 aromatic rings. The van der Waals surface area contributed by atoms with Gasteiger partial charge in [-0.3, -0.25) is 4.79 Å². The molecule has 0 radical (unpaired) electrons. The van der Waals surface area contributed by atoms with E-state index in [1.165, 1.54) is 77.0 Å². The van der Waals surface area contributed by atoms with Crippen molar-refractivity contribution in [3.05, 3.63) is 0 Å². The van der Waals surface area contributed by atoms with E-state index in [1.54, 1.807) is 0 Å². The molecule has 1 N–H and O–H groups in total. The Morgan fingerprint density at radius 2 is 1.03 bits per heavy atom. The van der Waals surface area contributed by atoms with Crippen LogP contribution in [0, 0.1) is 0 Å². The first-order valence-corrected chi connectivity index (χ1v) is 12.1. The third-order valence-electron chi connectivity index (χ3n) is 5.51. The number of ether oxygens (including phenoxy) is 1. The van der Waals surface area contributed by atoms with Crippen molar-refractivity contribution in [1.82, 2.24) is 0 Å². The summed E-state index contributed by atoms with van der Waals surface area (Å²) in [6.07, 6.45) is 17.5. The van der Waals surface area contributed by atoms with Gasteiger partial charge in [0.05, 0.1) is 19.0 Å². The van der Waals surface area contributed by atoms with E-state index in [0.717, 1.165) is 19.3 Å². The van der Waals surface area contributed by atoms with Crippen LogP contribution in [0.15, 0.2) is 0 Å². The van der Waals surface area contributed by atoms with Crippen molar-refractivity contribution in [2.45, 2.75) is 128 Å². The van der Waals surface area contributed by atoms with Gasteiger partial charge in [0.15, 0.2) is 0 Å². The van der Waals surface area contributed by atoms with E-state index < -0.39 is 36.4 Å². The number of carbonyl (C=O) groups excluding carboxylic acids is 3. The number of hydrogen-bond donors (Lipinski definition) is 1. The standard InChI is InChI=1S/C24H44O7.2Na/c1-2-3-4-5-6-7-8-9-10-11-12-13-14-15-16-17-18-31-22(27)20-24(30,23(28)29)19-21(25)26;;/h30H,2-20H2,1H3,(H,25,26)(H,28,29);;/q;2*+1/p-2. The first-order valence-electron chi connectivity index (χ1n) is 12.1. The molecular formula is C24H42Na2O7. The van der Waals surface area contributed by atoms with Gasteiger partial charge in [-0.1, -0.05) is 103 Å². The van der Waals surface area contributed by atoms with E-state index >= 15 is 0 Å². The Hall–Kier alpha value is 0.370. The molecule has 0 aliphatic carbocycles. The van der Waals surface area contributed by atoms with Crippen molar-refractivity contribution >= 4 is 17.9 Å². The summed E-state index contributed by atoms with van der Waals surface area (Å²) in [6.45, 7) is 2.36. The molecule has 0 heterocycles. The van der Waals surface area contributed by atoms with E-state index in [1.807, 2.05) is 0 Å². The number of aliphatic hydroxyl groups is 1. The Morgan fingerprint density at radius 1 is 0.667 bits per heavy atom. The topological polar surface area (TPSA) is 127 Å². The molecule has 0 saturated heterocycles. The molecule has 0 bridgehead atoms. The van der Waals surface area contributed by atoms with Gasteiger partial charge in [-0.05, 0) is 6.42 Å². The molecule has 7 nitrogen and oxygen atoms in total. The summed E-state index contributed by atoms with van der Waals surface area (Å²) in [7, 11) is 0. The Kier molecular flexibility index (Phi) is 29.3. The van der Waals surface area contributed by atoms with Gasteiger partial charge < -0.3 is 29.6 Å². The zero-order chi connectivity index (χ0) is 23.4. The third kappa shape index (κ3) is 23.9. The summed E-state index contributed by atoms with van der Waals surface area (Å²) < 4.78 is 4.89. The number of esters is 1. The number of rotatable bonds is 22. The average Bonchev–Trinajstić information content (AvgIpc) is 2.69. The minimum absolute atomic E-state index is 0. The van der Waals surface area contributed by atoms with E-state index in [-0.39, 0.29) is 65.7 Å². The first kappa shape index (κ1) is 37.9. The molecule has 0 amide bonds. The van der Waals surface area contributed by atoms with Crippen molar-refractivity contribution in [3.8, 4) is 0 Å². The van der Waals surface area contributed by atoms with Crippen LogP contribution in [0.5, 0.6) is 0 Å². The molecule has 182 valence electrons. The van der Waals surface area contributed by atoms with Gasteiger partial charge in [0.1, 0.15) is 5.60 Å². The number of carboxylic acids is 2. The maximum absolute atomic E-state index is 11.6. The Morgan fingerprint density at radius 3 is 1.36 bits per heavy atom. The number of hydrogen-bond acceptors (Lipinski definition) is 7. The summed E-state index contributed by atoms with van der Waals surface area (Å²) in [6, 6.07) is 0. The minimum atomic E-state index is -2.80. The van der Waals surface area contributed by atoms with Gasteiger partial charge in [0.2, 0.25) is 0 Å². The molecule has 9 heteroatoms.